The molecule has 0 radical (unpaired) electrons. The summed E-state index contributed by atoms with van der Waals surface area (Å²) in [4.78, 5) is 20.6. The van der Waals surface area contributed by atoms with Crippen LogP contribution in [-0.2, 0) is 4.79 Å². The number of carbonyl (C=O) groups is 1. The maximum absolute atomic E-state index is 15.0. The van der Waals surface area contributed by atoms with Crippen molar-refractivity contribution >= 4 is 17.4 Å². The number of piperidine rings is 2. The van der Waals surface area contributed by atoms with Crippen molar-refractivity contribution < 1.29 is 18.0 Å². The number of carbonyl (C=O) groups excluding carboxylic acids is 1. The van der Waals surface area contributed by atoms with Gasteiger partial charge in [-0.2, -0.15) is 0 Å². The number of benzene rings is 1. The Morgan fingerprint density at radius 3 is 2.66 bits per heavy atom. The molecule has 1 aromatic rings. The van der Waals surface area contributed by atoms with Crippen LogP contribution in [0.25, 0.3) is 0 Å². The van der Waals surface area contributed by atoms with Gasteiger partial charge in [-0.05, 0) is 69.4 Å². The number of nitrogens with one attached hydrogen (secondary N) is 1. The van der Waals surface area contributed by atoms with Crippen LogP contribution in [0.5, 0.6) is 0 Å². The first-order valence-electron chi connectivity index (χ1n) is 11.0. The number of aryl methyl sites for hydroxylation is 1. The molecule has 0 saturated carbocycles. The van der Waals surface area contributed by atoms with E-state index in [9.17, 15) is 18.0 Å². The third-order valence-electron chi connectivity index (χ3n) is 5.90. The van der Waals surface area contributed by atoms with E-state index >= 15 is 0 Å². The van der Waals surface area contributed by atoms with E-state index in [-0.39, 0.29) is 30.5 Å². The van der Waals surface area contributed by atoms with Gasteiger partial charge in [-0.15, -0.1) is 0 Å². The smallest absolute Gasteiger partial charge is 0.245 e. The summed E-state index contributed by atoms with van der Waals surface area (Å²) in [6.45, 7) is 9.50. The summed E-state index contributed by atoms with van der Waals surface area (Å²) < 4.78 is 43.5. The van der Waals surface area contributed by atoms with Gasteiger partial charge in [-0.1, -0.05) is 6.58 Å². The van der Waals surface area contributed by atoms with Crippen molar-refractivity contribution in [3.63, 3.8) is 0 Å². The summed E-state index contributed by atoms with van der Waals surface area (Å²) in [5.41, 5.74) is 1.73. The molecular weight excluding hydrogens is 417 g/mol. The first-order chi connectivity index (χ1) is 15.2. The normalized spacial score (nSPS) is 24.4. The molecule has 0 aromatic heterocycles. The van der Waals surface area contributed by atoms with Crippen LogP contribution in [0.4, 0.5) is 18.9 Å². The molecule has 2 aliphatic heterocycles. The molecule has 0 spiro atoms. The van der Waals surface area contributed by atoms with Crippen LogP contribution in [0, 0.1) is 12.7 Å². The lowest BCUT2D eigenvalue weighted by atomic mass is 9.96. The van der Waals surface area contributed by atoms with Crippen LogP contribution < -0.4 is 5.32 Å². The second kappa shape index (κ2) is 10.2. The zero-order valence-electron chi connectivity index (χ0n) is 18.9. The van der Waals surface area contributed by atoms with E-state index in [1.807, 2.05) is 0 Å². The average molecular weight is 449 g/mol. The molecule has 2 aliphatic rings. The first-order valence-corrected chi connectivity index (χ1v) is 11.0. The standard InChI is InChI=1S/C24H31F3N4O/c1-5-28-23(22(27)15(2)3)30-10-8-19(26)21(14-30)31-9-6-7-20(24(31)32)29-18-12-16(4)11-17(25)13-18/h5,11-13,19-21,29H,1,6-10,14H2,2-4H3/t19-,20-,21+/m0/s1. The van der Waals surface area contributed by atoms with E-state index in [4.69, 9.17) is 0 Å². The van der Waals surface area contributed by atoms with E-state index in [1.54, 1.807) is 36.6 Å². The second-order valence-electron chi connectivity index (χ2n) is 8.66. The topological polar surface area (TPSA) is 47.9 Å². The minimum atomic E-state index is -1.22. The second-order valence-corrected chi connectivity index (χ2v) is 8.66. The lowest BCUT2D eigenvalue weighted by Gasteiger charge is -2.45. The highest BCUT2D eigenvalue weighted by Crippen LogP contribution is 2.27. The Morgan fingerprint density at radius 2 is 2.00 bits per heavy atom. The SMILES string of the molecule is C=CN=C(C(F)=C(C)C)N1CC[C@H](F)[C@H](N2CCC[C@H](Nc3cc(C)cc(F)c3)C2=O)C1. The molecule has 3 atom stereocenters. The van der Waals surface area contributed by atoms with Crippen molar-refractivity contribution in [2.75, 3.05) is 25.0 Å². The van der Waals surface area contributed by atoms with E-state index in [0.29, 0.717) is 37.2 Å². The molecule has 5 nitrogen and oxygen atoms in total. The molecule has 0 bridgehead atoms. The number of amides is 1. The Hall–Kier alpha value is -2.77. The van der Waals surface area contributed by atoms with E-state index in [2.05, 4.69) is 16.9 Å². The fourth-order valence-electron chi connectivity index (χ4n) is 4.36. The number of alkyl halides is 1. The van der Waals surface area contributed by atoms with Gasteiger partial charge in [-0.25, -0.2) is 18.2 Å². The number of allylic oxidation sites excluding steroid dienone is 1. The van der Waals surface area contributed by atoms with Crippen LogP contribution in [0.3, 0.4) is 0 Å². The molecule has 1 amide bonds. The number of hydrogen-bond acceptors (Lipinski definition) is 3. The molecule has 0 unspecified atom stereocenters. The lowest BCUT2D eigenvalue weighted by molar-refractivity contribution is -0.139. The molecule has 174 valence electrons. The van der Waals surface area contributed by atoms with Crippen LogP contribution in [0.2, 0.25) is 0 Å². The van der Waals surface area contributed by atoms with Crippen molar-refractivity contribution in [1.82, 2.24) is 9.80 Å². The Bertz CT molecular complexity index is 906. The highest BCUT2D eigenvalue weighted by atomic mass is 19.1. The van der Waals surface area contributed by atoms with Crippen molar-refractivity contribution in [2.45, 2.75) is 58.3 Å². The molecule has 2 heterocycles. The maximum Gasteiger partial charge on any atom is 0.245 e. The Balaban J connectivity index is 1.79. The van der Waals surface area contributed by atoms with Gasteiger partial charge in [0.1, 0.15) is 18.0 Å². The first kappa shape index (κ1) is 23.9. The summed E-state index contributed by atoms with van der Waals surface area (Å²) in [5.74, 6) is -0.953. The van der Waals surface area contributed by atoms with Gasteiger partial charge in [0, 0.05) is 31.5 Å². The molecule has 32 heavy (non-hydrogen) atoms. The Kier molecular flexibility index (Phi) is 7.64. The number of likely N-dealkylation sites (tertiary alicyclic amines) is 2. The van der Waals surface area contributed by atoms with E-state index in [1.165, 1.54) is 18.3 Å². The Morgan fingerprint density at radius 1 is 1.25 bits per heavy atom. The third-order valence-corrected chi connectivity index (χ3v) is 5.90. The maximum atomic E-state index is 15.0. The van der Waals surface area contributed by atoms with Gasteiger partial charge < -0.3 is 15.1 Å². The van der Waals surface area contributed by atoms with Gasteiger partial charge >= 0.3 is 0 Å². The fraction of sp³-hybridized carbons (Fsp3) is 0.500. The minimum absolute atomic E-state index is 0.117. The van der Waals surface area contributed by atoms with Crippen LogP contribution >= 0.6 is 0 Å². The van der Waals surface area contributed by atoms with Crippen molar-refractivity contribution in [3.8, 4) is 0 Å². The van der Waals surface area contributed by atoms with Gasteiger partial charge in [0.15, 0.2) is 11.7 Å². The summed E-state index contributed by atoms with van der Waals surface area (Å²) >= 11 is 0. The highest BCUT2D eigenvalue weighted by molar-refractivity contribution is 5.97. The molecule has 1 aromatic carbocycles. The van der Waals surface area contributed by atoms with Gasteiger partial charge in [0.2, 0.25) is 5.91 Å². The predicted molar refractivity (Wildman–Crippen MR) is 121 cm³/mol. The minimum Gasteiger partial charge on any atom is -0.374 e. The monoisotopic (exact) mass is 448 g/mol. The lowest BCUT2D eigenvalue weighted by Crippen LogP contribution is -2.61. The van der Waals surface area contributed by atoms with Gasteiger partial charge in [0.25, 0.3) is 0 Å². The van der Waals surface area contributed by atoms with Crippen molar-refractivity contribution in [3.05, 3.63) is 53.8 Å². The molecule has 1 N–H and O–H groups in total. The van der Waals surface area contributed by atoms with Crippen molar-refractivity contribution in [2.24, 2.45) is 4.99 Å². The number of amidine groups is 1. The number of hydrogen-bond donors (Lipinski definition) is 1. The van der Waals surface area contributed by atoms with E-state index in [0.717, 1.165) is 5.56 Å². The quantitative estimate of drug-likeness (QED) is 0.522. The third kappa shape index (κ3) is 5.34. The van der Waals surface area contributed by atoms with Gasteiger partial charge in [0.05, 0.1) is 6.04 Å². The zero-order chi connectivity index (χ0) is 23.4. The molecule has 3 rings (SSSR count). The predicted octanol–water partition coefficient (Wildman–Crippen LogP) is 4.75. The molecule has 2 fully saturated rings. The molecule has 2 saturated heterocycles. The van der Waals surface area contributed by atoms with E-state index < -0.39 is 24.1 Å². The summed E-state index contributed by atoms with van der Waals surface area (Å²) in [7, 11) is 0. The highest BCUT2D eigenvalue weighted by Gasteiger charge is 2.41. The van der Waals surface area contributed by atoms with Gasteiger partial charge in [-0.3, -0.25) is 4.79 Å². The van der Waals surface area contributed by atoms with Crippen LogP contribution in [0.1, 0.15) is 38.7 Å². The zero-order valence-corrected chi connectivity index (χ0v) is 18.9. The summed E-state index contributed by atoms with van der Waals surface area (Å²) in [6, 6.07) is 3.26. The van der Waals surface area contributed by atoms with Crippen molar-refractivity contribution in [1.29, 1.82) is 0 Å². The molecular formula is C24H31F3N4O. The number of aliphatic imine (C=N–C) groups is 1. The fourth-order valence-corrected chi connectivity index (χ4v) is 4.36. The number of halogens is 3. The largest absolute Gasteiger partial charge is 0.374 e. The number of anilines is 1. The summed E-state index contributed by atoms with van der Waals surface area (Å²) in [6.07, 6.45) is 1.48. The van der Waals surface area contributed by atoms with Crippen LogP contribution in [0.15, 0.2) is 47.4 Å². The van der Waals surface area contributed by atoms with Crippen LogP contribution in [-0.4, -0.2) is 59.4 Å². The Labute approximate surface area is 187 Å². The number of rotatable bonds is 5. The molecule has 8 heteroatoms. The molecule has 0 aliphatic carbocycles. The average Bonchev–Trinajstić information content (AvgIpc) is 2.73. The number of nitrogens with zero attached hydrogens (tertiary/aromatic N) is 3. The summed E-state index contributed by atoms with van der Waals surface area (Å²) in [5, 5.41) is 3.11.